The van der Waals surface area contributed by atoms with E-state index in [-0.39, 0.29) is 52.9 Å². The van der Waals surface area contributed by atoms with Crippen molar-refractivity contribution < 1.29 is 162 Å². The molecule has 6 amide bonds. The fourth-order valence-corrected chi connectivity index (χ4v) is 17.2. The fraction of sp³-hybridized carbons (Fsp3) is 0.370. The molecule has 0 aliphatic carbocycles. The highest BCUT2D eigenvalue weighted by Gasteiger charge is 2.58. The highest BCUT2D eigenvalue weighted by atomic mass is 16.7. The molecule has 0 radical (unpaired) electrons. The van der Waals surface area contributed by atoms with Crippen molar-refractivity contribution in [2.75, 3.05) is 26.2 Å². The van der Waals surface area contributed by atoms with E-state index >= 15 is 9.59 Å². The average molecular weight is 2040 g/mol. The minimum Gasteiger partial charge on any atom is -0.456 e. The quantitative estimate of drug-likeness (QED) is 0.0204. The number of nitrogens with zero attached hydrogens (tertiary/aromatic N) is 2. The molecule has 13 rings (SSSR count). The summed E-state index contributed by atoms with van der Waals surface area (Å²) in [6.45, 7) is 2.23. The minimum absolute atomic E-state index is 0.288. The molecule has 4 aliphatic rings. The van der Waals surface area contributed by atoms with Crippen LogP contribution in [0.25, 0.3) is 0 Å². The number of carbonyl (C=O) groups is 14. The van der Waals surface area contributed by atoms with Gasteiger partial charge < -0.3 is 126 Å². The second-order valence-corrected chi connectivity index (χ2v) is 34.9. The summed E-state index contributed by atoms with van der Waals surface area (Å²) in [5.74, 6) is -10.4. The topological polar surface area (TPSA) is 478 Å². The average Bonchev–Trinajstić information content (AvgIpc) is 0.765. The van der Waals surface area contributed by atoms with E-state index in [1.165, 1.54) is 18.2 Å². The second-order valence-electron chi connectivity index (χ2n) is 34.9. The normalized spacial score (nSPS) is 23.3. The number of ether oxygens (including phenoxy) is 20. The van der Waals surface area contributed by atoms with Crippen molar-refractivity contribution in [1.29, 1.82) is 0 Å². The number of amides is 6. The Kier molecular flexibility index (Phi) is 40.4. The van der Waals surface area contributed by atoms with E-state index in [4.69, 9.17) is 94.7 Å². The van der Waals surface area contributed by atoms with E-state index in [2.05, 4.69) is 21.3 Å². The van der Waals surface area contributed by atoms with Gasteiger partial charge in [-0.2, -0.15) is 0 Å². The highest BCUT2D eigenvalue weighted by Crippen LogP contribution is 2.37. The molecule has 40 nitrogen and oxygen atoms in total. The van der Waals surface area contributed by atoms with Crippen molar-refractivity contribution in [3.8, 4) is 0 Å². The third-order valence-electron chi connectivity index (χ3n) is 23.6. The van der Waals surface area contributed by atoms with Crippen LogP contribution >= 0.6 is 0 Å². The van der Waals surface area contributed by atoms with E-state index in [9.17, 15) is 57.5 Å². The molecule has 0 spiro atoms. The minimum atomic E-state index is -1.90. The first-order chi connectivity index (χ1) is 71.4. The van der Waals surface area contributed by atoms with Crippen molar-refractivity contribution >= 4 is 83.9 Å². The lowest BCUT2D eigenvalue weighted by atomic mass is 9.93. The zero-order valence-electron chi connectivity index (χ0n) is 82.2. The summed E-state index contributed by atoms with van der Waals surface area (Å²) < 4.78 is 126. The summed E-state index contributed by atoms with van der Waals surface area (Å²) in [7, 11) is 0. The lowest BCUT2D eigenvalue weighted by molar-refractivity contribution is -0.282. The molecule has 4 fully saturated rings. The van der Waals surface area contributed by atoms with Crippen LogP contribution in [-0.2, 0) is 186 Å². The monoisotopic (exact) mass is 2040 g/mol. The summed E-state index contributed by atoms with van der Waals surface area (Å²) in [6.07, 6.45) is -33.9. The molecule has 4 heterocycles. The molecule has 0 bridgehead atoms. The second kappa shape index (κ2) is 54.6. The number of esters is 8. The molecule has 40 heteroatoms. The number of benzene rings is 9. The van der Waals surface area contributed by atoms with Crippen LogP contribution in [0.5, 0.6) is 0 Å². The van der Waals surface area contributed by atoms with E-state index in [1.807, 2.05) is 0 Å². The van der Waals surface area contributed by atoms with Crippen LogP contribution < -0.4 is 21.3 Å². The Labute approximate surface area is 852 Å². The zero-order chi connectivity index (χ0) is 105. The van der Waals surface area contributed by atoms with Gasteiger partial charge in [0.1, 0.15) is 75.0 Å². The van der Waals surface area contributed by atoms with Crippen LogP contribution in [0.4, 0.5) is 19.2 Å². The van der Waals surface area contributed by atoms with Crippen molar-refractivity contribution in [3.63, 3.8) is 0 Å². The lowest BCUT2D eigenvalue weighted by Crippen LogP contribution is -2.69. The Morgan fingerprint density at radius 3 is 0.568 bits per heavy atom. The van der Waals surface area contributed by atoms with Crippen molar-refractivity contribution in [2.45, 2.75) is 231 Å². The van der Waals surface area contributed by atoms with Gasteiger partial charge >= 0.3 is 72.1 Å². The SMILES string of the molecule is CC(=O)O[C@@H]1[C@@H](NC(=O)OCc2ccccc2)[C@@H](OCc2ccccc2)O[C@H](CN(C[C@H]2O[C@H](OCc3ccccc3)[C@H](NC(=O)OCc3ccccc3)[C@@H](OC(C)=O)[C@@H]2OC(C)=O)C(=O)c2cccc(C(=O)N(C[C@H]3O[C@H](OCc4ccccc4)[C@H](NC(=O)OCc4ccccc4)[C@@H](OC(C)=O)[C@@H]3OC(C)=O)C[C@H]3O[C@H](OCc4ccccc4)[C@H](NC(=O)OCc4ccccc4)[C@@H](OC(C)=O)[C@@H]3OC(C)=O)c2)[C@H]1OC(C)=O. The first-order valence-electron chi connectivity index (χ1n) is 47.6. The van der Waals surface area contributed by atoms with Crippen LogP contribution in [0.3, 0.4) is 0 Å². The summed E-state index contributed by atoms with van der Waals surface area (Å²) in [4.78, 5) is 205. The number of alkyl carbamates (subject to hydrolysis) is 4. The van der Waals surface area contributed by atoms with Gasteiger partial charge in [0.15, 0.2) is 74.0 Å². The number of hydrogen-bond acceptors (Lipinski definition) is 34. The number of hydrogen-bond donors (Lipinski definition) is 4. The predicted molar refractivity (Wildman–Crippen MR) is 516 cm³/mol. The highest BCUT2D eigenvalue weighted by molar-refractivity contribution is 6.00. The molecule has 0 saturated carbocycles. The fourth-order valence-electron chi connectivity index (χ4n) is 17.2. The van der Waals surface area contributed by atoms with Gasteiger partial charge in [0.25, 0.3) is 11.8 Å². The van der Waals surface area contributed by atoms with Crippen LogP contribution in [0, 0.1) is 0 Å². The maximum absolute atomic E-state index is 17.2. The zero-order valence-corrected chi connectivity index (χ0v) is 82.2. The van der Waals surface area contributed by atoms with Crippen LogP contribution in [0.15, 0.2) is 267 Å². The largest absolute Gasteiger partial charge is 0.456 e. The van der Waals surface area contributed by atoms with Gasteiger partial charge in [0.05, 0.1) is 52.6 Å². The number of rotatable bonds is 42. The van der Waals surface area contributed by atoms with Gasteiger partial charge in [-0.25, -0.2) is 19.2 Å². The number of nitrogens with one attached hydrogen (secondary N) is 4. The Morgan fingerprint density at radius 2 is 0.392 bits per heavy atom. The smallest absolute Gasteiger partial charge is 0.407 e. The van der Waals surface area contributed by atoms with Gasteiger partial charge in [0.2, 0.25) is 0 Å². The summed E-state index contributed by atoms with van der Waals surface area (Å²) in [5, 5.41) is 10.8. The standard InChI is InChI=1S/C108H116N6O34/c1-65(115)137-91-83(145-101(129-57-73-34-17-9-18-35-73)87(95(91)141-69(5)119)109-105(125)133-61-77-42-25-13-26-43-77)53-113(54-84-92(138-66(2)116)96(142-70(6)120)88(102(146-84)130-58-74-36-19-10-20-37-74)110-106(126)134-62-78-44-27-14-28-45-78)99(123)81-50-33-51-82(52-81)100(124)114(55-85-93(139-67(3)117)97(143-71(7)121)89(103(147-85)131-59-75-38-21-11-22-39-75)111-107(127)135-63-79-46-29-15-30-47-79)56-86-94(140-68(4)118)98(144-72(8)122)90(104(148-86)132-60-76-40-23-12-24-41-76)112-108(128)136-64-80-48-31-16-32-49-80/h9-52,83-98,101-104H,53-64H2,1-8H3,(H,109,125)(H,110,126)(H,111,127)(H,112,128)/t83-,84-,85-,86-,87-,88-,89-,90-,91-,92-,93-,94-,95-,96-,97-,98-,101+,102+,103+,104+/m1/s1. The molecule has 782 valence electrons. The third kappa shape index (κ3) is 32.7. The van der Waals surface area contributed by atoms with E-state index in [0.717, 1.165) is 71.3 Å². The molecule has 20 atom stereocenters. The summed E-state index contributed by atoms with van der Waals surface area (Å²) >= 11 is 0. The first-order valence-corrected chi connectivity index (χ1v) is 47.6. The van der Waals surface area contributed by atoms with Crippen molar-refractivity contribution in [1.82, 2.24) is 31.1 Å². The first kappa shape index (κ1) is 110. The molecule has 148 heavy (non-hydrogen) atoms. The van der Waals surface area contributed by atoms with E-state index in [1.54, 1.807) is 243 Å². The van der Waals surface area contributed by atoms with Gasteiger partial charge in [-0.1, -0.05) is 249 Å². The molecule has 4 aliphatic heterocycles. The Bertz CT molecular complexity index is 5240. The predicted octanol–water partition coefficient (Wildman–Crippen LogP) is 11.0. The molecule has 0 aromatic heterocycles. The molecule has 4 N–H and O–H groups in total. The van der Waals surface area contributed by atoms with Crippen LogP contribution in [0.1, 0.15) is 121 Å². The van der Waals surface area contributed by atoms with Gasteiger partial charge in [-0.05, 0) is 62.7 Å². The Balaban J connectivity index is 0.969. The van der Waals surface area contributed by atoms with Crippen molar-refractivity contribution in [2.24, 2.45) is 0 Å². The van der Waals surface area contributed by atoms with E-state index < -0.39 is 244 Å². The summed E-state index contributed by atoms with van der Waals surface area (Å²) in [6, 6.07) is 66.8. The molecular formula is C108H116N6O34. The van der Waals surface area contributed by atoms with Crippen LogP contribution in [0.2, 0.25) is 0 Å². The molecular weight excluding hydrogens is 1930 g/mol. The van der Waals surface area contributed by atoms with Gasteiger partial charge in [0, 0.05) is 66.5 Å². The molecule has 9 aromatic carbocycles. The third-order valence-corrected chi connectivity index (χ3v) is 23.6. The Hall–Kier alpha value is -15.6. The maximum Gasteiger partial charge on any atom is 0.407 e. The van der Waals surface area contributed by atoms with Crippen molar-refractivity contribution in [3.05, 3.63) is 323 Å². The maximum atomic E-state index is 17.2. The van der Waals surface area contributed by atoms with E-state index in [0.29, 0.717) is 44.5 Å². The molecule has 9 aromatic rings. The Morgan fingerprint density at radius 1 is 0.223 bits per heavy atom. The number of carbonyl (C=O) groups excluding carboxylic acids is 14. The van der Waals surface area contributed by atoms with Gasteiger partial charge in [-0.15, -0.1) is 0 Å². The molecule has 4 saturated heterocycles. The van der Waals surface area contributed by atoms with Crippen LogP contribution in [-0.4, -0.2) is 242 Å². The van der Waals surface area contributed by atoms with Gasteiger partial charge in [-0.3, -0.25) is 47.9 Å². The summed E-state index contributed by atoms with van der Waals surface area (Å²) in [5.41, 5.74) is 3.51. The molecule has 0 unspecified atom stereocenters. The lowest BCUT2D eigenvalue weighted by Gasteiger charge is -2.48.